The van der Waals surface area contributed by atoms with E-state index >= 15 is 0 Å². The molecule has 19 heavy (non-hydrogen) atoms. The van der Waals surface area contributed by atoms with Gasteiger partial charge in [-0.25, -0.2) is 4.99 Å². The van der Waals surface area contributed by atoms with Crippen LogP contribution in [0, 0.1) is 0 Å². The minimum atomic E-state index is 0.265. The lowest BCUT2D eigenvalue weighted by Crippen LogP contribution is -2.09. The topological polar surface area (TPSA) is 21.6 Å². The van der Waals surface area contributed by atoms with Crippen molar-refractivity contribution in [3.8, 4) is 0 Å². The third-order valence-corrected chi connectivity index (χ3v) is 3.28. The van der Waals surface area contributed by atoms with Crippen molar-refractivity contribution in [1.82, 2.24) is 0 Å². The van der Waals surface area contributed by atoms with Crippen molar-refractivity contribution in [2.24, 2.45) is 4.99 Å². The first-order valence-electron chi connectivity index (χ1n) is 6.67. The molecular weight excluding hydrogens is 234 g/mol. The molecule has 0 fully saturated rings. The van der Waals surface area contributed by atoms with Crippen LogP contribution in [-0.2, 0) is 17.6 Å². The normalized spacial score (nSPS) is 17.9. The molecule has 2 aromatic carbocycles. The van der Waals surface area contributed by atoms with E-state index in [1.165, 1.54) is 11.1 Å². The monoisotopic (exact) mass is 251 g/mol. The Balaban J connectivity index is 1.62. The summed E-state index contributed by atoms with van der Waals surface area (Å²) < 4.78 is 5.69. The molecule has 3 rings (SSSR count). The molecule has 0 bridgehead atoms. The van der Waals surface area contributed by atoms with Gasteiger partial charge in [-0.3, -0.25) is 0 Å². The van der Waals surface area contributed by atoms with Gasteiger partial charge in [-0.2, -0.15) is 0 Å². The fourth-order valence-electron chi connectivity index (χ4n) is 2.33. The van der Waals surface area contributed by atoms with E-state index in [1.54, 1.807) is 0 Å². The fourth-order valence-corrected chi connectivity index (χ4v) is 2.33. The molecule has 2 heteroatoms. The van der Waals surface area contributed by atoms with Gasteiger partial charge in [0.1, 0.15) is 6.61 Å². The van der Waals surface area contributed by atoms with Crippen LogP contribution < -0.4 is 0 Å². The molecule has 96 valence electrons. The smallest absolute Gasteiger partial charge is 0.188 e. The van der Waals surface area contributed by atoms with E-state index in [2.05, 4.69) is 41.4 Å². The van der Waals surface area contributed by atoms with E-state index in [0.29, 0.717) is 6.61 Å². The lowest BCUT2D eigenvalue weighted by Gasteiger charge is -2.04. The quantitative estimate of drug-likeness (QED) is 0.817. The van der Waals surface area contributed by atoms with Gasteiger partial charge < -0.3 is 4.74 Å². The van der Waals surface area contributed by atoms with Gasteiger partial charge in [-0.1, -0.05) is 60.7 Å². The molecule has 0 N–H and O–H groups in total. The molecule has 0 amide bonds. The summed E-state index contributed by atoms with van der Waals surface area (Å²) in [5.41, 5.74) is 2.57. The van der Waals surface area contributed by atoms with Crippen LogP contribution in [0.1, 0.15) is 11.1 Å². The standard InChI is InChI=1S/C17H17NO/c1-3-7-14(8-4-1)11-16-13-19-17(18-16)12-15-9-5-2-6-10-15/h1-10,16H,11-13H2. The van der Waals surface area contributed by atoms with Crippen LogP contribution in [0.2, 0.25) is 0 Å². The molecular formula is C17H17NO. The van der Waals surface area contributed by atoms with Crippen LogP contribution in [0.3, 0.4) is 0 Å². The third kappa shape index (κ3) is 3.22. The summed E-state index contributed by atoms with van der Waals surface area (Å²) in [6.45, 7) is 0.705. The number of hydrogen-bond acceptors (Lipinski definition) is 2. The first-order valence-corrected chi connectivity index (χ1v) is 6.67. The van der Waals surface area contributed by atoms with E-state index in [4.69, 9.17) is 4.74 Å². The molecule has 0 aromatic heterocycles. The average Bonchev–Trinajstić information content (AvgIpc) is 2.88. The number of ether oxygens (including phenoxy) is 1. The molecule has 2 aromatic rings. The highest BCUT2D eigenvalue weighted by Gasteiger charge is 2.19. The van der Waals surface area contributed by atoms with Crippen LogP contribution >= 0.6 is 0 Å². The molecule has 1 aliphatic rings. The largest absolute Gasteiger partial charge is 0.478 e. The van der Waals surface area contributed by atoms with Crippen molar-refractivity contribution >= 4 is 5.90 Å². The van der Waals surface area contributed by atoms with E-state index in [-0.39, 0.29) is 6.04 Å². The first-order chi connectivity index (χ1) is 9.40. The van der Waals surface area contributed by atoms with Crippen LogP contribution in [0.5, 0.6) is 0 Å². The first kappa shape index (κ1) is 12.0. The van der Waals surface area contributed by atoms with Gasteiger partial charge in [-0.15, -0.1) is 0 Å². The second-order valence-corrected chi connectivity index (χ2v) is 4.84. The highest BCUT2D eigenvalue weighted by Crippen LogP contribution is 2.14. The van der Waals surface area contributed by atoms with Crippen molar-refractivity contribution in [3.05, 3.63) is 71.8 Å². The second-order valence-electron chi connectivity index (χ2n) is 4.84. The molecule has 0 aliphatic carbocycles. The second kappa shape index (κ2) is 5.70. The zero-order chi connectivity index (χ0) is 12.9. The molecule has 0 radical (unpaired) electrons. The Labute approximate surface area is 113 Å². The maximum absolute atomic E-state index is 5.69. The Morgan fingerprint density at radius 1 is 0.895 bits per heavy atom. The summed E-state index contributed by atoms with van der Waals surface area (Å²) >= 11 is 0. The van der Waals surface area contributed by atoms with Crippen LogP contribution in [0.4, 0.5) is 0 Å². The molecule has 1 aliphatic heterocycles. The number of aliphatic imine (C=N–C) groups is 1. The molecule has 1 atom stereocenters. The Bertz CT molecular complexity index is 548. The van der Waals surface area contributed by atoms with Crippen molar-refractivity contribution in [2.75, 3.05) is 6.61 Å². The molecule has 0 spiro atoms. The van der Waals surface area contributed by atoms with Crippen LogP contribution in [-0.4, -0.2) is 18.5 Å². The summed E-state index contributed by atoms with van der Waals surface area (Å²) in [6.07, 6.45) is 1.76. The van der Waals surface area contributed by atoms with Gasteiger partial charge in [-0.05, 0) is 17.5 Å². The fraction of sp³-hybridized carbons (Fsp3) is 0.235. The van der Waals surface area contributed by atoms with Crippen molar-refractivity contribution in [2.45, 2.75) is 18.9 Å². The average molecular weight is 251 g/mol. The minimum absolute atomic E-state index is 0.265. The van der Waals surface area contributed by atoms with Gasteiger partial charge >= 0.3 is 0 Å². The van der Waals surface area contributed by atoms with Crippen LogP contribution in [0.25, 0.3) is 0 Å². The zero-order valence-electron chi connectivity index (χ0n) is 10.8. The van der Waals surface area contributed by atoms with E-state index in [1.807, 2.05) is 24.3 Å². The molecule has 0 saturated carbocycles. The number of hydrogen-bond donors (Lipinski definition) is 0. The minimum Gasteiger partial charge on any atom is -0.478 e. The summed E-state index contributed by atoms with van der Waals surface area (Å²) in [7, 11) is 0. The Kier molecular flexibility index (Phi) is 3.59. The Hall–Kier alpha value is -2.09. The predicted octanol–water partition coefficient (Wildman–Crippen LogP) is 3.27. The van der Waals surface area contributed by atoms with Gasteiger partial charge in [0.15, 0.2) is 5.90 Å². The maximum atomic E-state index is 5.69. The summed E-state index contributed by atoms with van der Waals surface area (Å²) in [5, 5.41) is 0. The van der Waals surface area contributed by atoms with Gasteiger partial charge in [0.2, 0.25) is 0 Å². The number of rotatable bonds is 4. The predicted molar refractivity (Wildman–Crippen MR) is 77.5 cm³/mol. The Morgan fingerprint density at radius 2 is 1.53 bits per heavy atom. The van der Waals surface area contributed by atoms with E-state index in [9.17, 15) is 0 Å². The summed E-state index contributed by atoms with van der Waals surface area (Å²) in [4.78, 5) is 4.67. The Morgan fingerprint density at radius 3 is 2.21 bits per heavy atom. The zero-order valence-corrected chi connectivity index (χ0v) is 10.8. The molecule has 1 heterocycles. The molecule has 2 nitrogen and oxygen atoms in total. The van der Waals surface area contributed by atoms with Crippen molar-refractivity contribution in [3.63, 3.8) is 0 Å². The van der Waals surface area contributed by atoms with Crippen molar-refractivity contribution < 1.29 is 4.74 Å². The van der Waals surface area contributed by atoms with E-state index in [0.717, 1.165) is 18.7 Å². The van der Waals surface area contributed by atoms with Gasteiger partial charge in [0, 0.05) is 6.42 Å². The number of benzene rings is 2. The lowest BCUT2D eigenvalue weighted by atomic mass is 10.1. The lowest BCUT2D eigenvalue weighted by molar-refractivity contribution is 0.311. The van der Waals surface area contributed by atoms with Crippen LogP contribution in [0.15, 0.2) is 65.7 Å². The highest BCUT2D eigenvalue weighted by molar-refractivity contribution is 5.80. The molecule has 1 unspecified atom stereocenters. The van der Waals surface area contributed by atoms with Crippen molar-refractivity contribution in [1.29, 1.82) is 0 Å². The number of nitrogens with zero attached hydrogens (tertiary/aromatic N) is 1. The highest BCUT2D eigenvalue weighted by atomic mass is 16.5. The summed E-state index contributed by atoms with van der Waals surface area (Å²) in [5.74, 6) is 0.868. The van der Waals surface area contributed by atoms with Gasteiger partial charge in [0.05, 0.1) is 6.04 Å². The summed E-state index contributed by atoms with van der Waals surface area (Å²) in [6, 6.07) is 21.1. The van der Waals surface area contributed by atoms with E-state index < -0.39 is 0 Å². The van der Waals surface area contributed by atoms with Gasteiger partial charge in [0.25, 0.3) is 0 Å². The maximum Gasteiger partial charge on any atom is 0.188 e. The molecule has 0 saturated heterocycles. The third-order valence-electron chi connectivity index (χ3n) is 3.28. The SMILES string of the molecule is c1ccc(CC2=NC(Cc3ccccc3)CO2)cc1.